The summed E-state index contributed by atoms with van der Waals surface area (Å²) in [5, 5.41) is -0.393. The van der Waals surface area contributed by atoms with Gasteiger partial charge in [-0.05, 0) is 50.6 Å². The zero-order valence-corrected chi connectivity index (χ0v) is 18.3. The summed E-state index contributed by atoms with van der Waals surface area (Å²) in [6.45, 7) is 8.30. The molecule has 2 N–H and O–H groups in total. The molecule has 30 heavy (non-hydrogen) atoms. The highest BCUT2D eigenvalue weighted by molar-refractivity contribution is 7.92. The molecule has 2 fully saturated rings. The first-order valence-corrected chi connectivity index (χ1v) is 11.9. The van der Waals surface area contributed by atoms with Gasteiger partial charge < -0.3 is 15.4 Å². The monoisotopic (exact) mass is 431 g/mol. The minimum absolute atomic E-state index is 0.190. The molecule has 9 heteroatoms. The second-order valence-electron chi connectivity index (χ2n) is 8.19. The molecule has 8 nitrogen and oxygen atoms in total. The van der Waals surface area contributed by atoms with Gasteiger partial charge in [-0.1, -0.05) is 0 Å². The molecule has 2 aliphatic heterocycles. The van der Waals surface area contributed by atoms with Crippen molar-refractivity contribution in [3.63, 3.8) is 0 Å². The molecule has 0 amide bonds. The zero-order valence-electron chi connectivity index (χ0n) is 17.5. The minimum atomic E-state index is -3.47. The van der Waals surface area contributed by atoms with Crippen LogP contribution >= 0.6 is 0 Å². The van der Waals surface area contributed by atoms with Crippen LogP contribution < -0.4 is 10.6 Å². The van der Waals surface area contributed by atoms with E-state index in [2.05, 4.69) is 33.6 Å². The molecular weight excluding hydrogens is 402 g/mol. The van der Waals surface area contributed by atoms with E-state index in [9.17, 15) is 8.42 Å². The molecule has 4 rings (SSSR count). The molecule has 0 radical (unpaired) electrons. The van der Waals surface area contributed by atoms with Gasteiger partial charge in [0, 0.05) is 49.3 Å². The maximum absolute atomic E-state index is 13.6. The summed E-state index contributed by atoms with van der Waals surface area (Å²) in [7, 11) is -3.47. The molecule has 0 saturated carbocycles. The summed E-state index contributed by atoms with van der Waals surface area (Å²) in [5.41, 5.74) is 8.02. The van der Waals surface area contributed by atoms with E-state index >= 15 is 0 Å². The van der Waals surface area contributed by atoms with Crippen molar-refractivity contribution in [2.24, 2.45) is 0 Å². The van der Waals surface area contributed by atoms with Gasteiger partial charge in [0.05, 0.1) is 23.4 Å². The van der Waals surface area contributed by atoms with Crippen LogP contribution in [0, 0.1) is 0 Å². The number of anilines is 2. The number of hydrogen-bond donors (Lipinski definition) is 1. The quantitative estimate of drug-likeness (QED) is 0.765. The van der Waals surface area contributed by atoms with Crippen molar-refractivity contribution in [1.29, 1.82) is 0 Å². The molecular formula is C21H29N5O3S. The highest BCUT2D eigenvalue weighted by Gasteiger charge is 2.35. The molecule has 0 aliphatic carbocycles. The Bertz CT molecular complexity index is 988. The molecule has 1 atom stereocenters. The summed E-state index contributed by atoms with van der Waals surface area (Å²) < 4.78 is 32.6. The lowest BCUT2D eigenvalue weighted by Crippen LogP contribution is -2.36. The first-order chi connectivity index (χ1) is 14.3. The van der Waals surface area contributed by atoms with Gasteiger partial charge in [0.25, 0.3) is 0 Å². The van der Waals surface area contributed by atoms with E-state index in [1.165, 1.54) is 0 Å². The zero-order chi connectivity index (χ0) is 21.3. The lowest BCUT2D eigenvalue weighted by atomic mass is 10.1. The van der Waals surface area contributed by atoms with Gasteiger partial charge in [-0.3, -0.25) is 4.90 Å². The molecule has 2 aromatic rings. The van der Waals surface area contributed by atoms with E-state index in [-0.39, 0.29) is 5.95 Å². The van der Waals surface area contributed by atoms with Crippen molar-refractivity contribution in [2.45, 2.75) is 36.5 Å². The standard InChI is InChI=1S/C21H29N5O3S/c1-15(2)26-4-3-19(14-26)30(27,28)20-10-16(17-12-23-21(22)24-13-17)9-18(11-20)25-5-7-29-8-6-25/h9-13,15,19H,3-8,14H2,1-2H3,(H2,22,23,24). The highest BCUT2D eigenvalue weighted by Crippen LogP contribution is 2.33. The van der Waals surface area contributed by atoms with Crippen LogP contribution in [0.1, 0.15) is 20.3 Å². The van der Waals surface area contributed by atoms with Crippen LogP contribution in [-0.4, -0.2) is 74.0 Å². The Morgan fingerprint density at radius 3 is 2.40 bits per heavy atom. The molecule has 0 spiro atoms. The Hall–Kier alpha value is -2.23. The van der Waals surface area contributed by atoms with Crippen LogP contribution in [0.25, 0.3) is 11.1 Å². The van der Waals surface area contributed by atoms with Gasteiger partial charge >= 0.3 is 0 Å². The summed E-state index contributed by atoms with van der Waals surface area (Å²) in [4.78, 5) is 12.9. The molecule has 162 valence electrons. The van der Waals surface area contributed by atoms with E-state index in [1.807, 2.05) is 6.07 Å². The summed E-state index contributed by atoms with van der Waals surface area (Å²) in [5.74, 6) is 0.190. The van der Waals surface area contributed by atoms with Gasteiger partial charge in [-0.15, -0.1) is 0 Å². The fourth-order valence-electron chi connectivity index (χ4n) is 4.07. The van der Waals surface area contributed by atoms with Gasteiger partial charge in [0.15, 0.2) is 9.84 Å². The molecule has 1 unspecified atom stereocenters. The number of nitrogen functional groups attached to an aromatic ring is 1. The van der Waals surface area contributed by atoms with Crippen molar-refractivity contribution < 1.29 is 13.2 Å². The number of rotatable bonds is 5. The number of nitrogens with two attached hydrogens (primary N) is 1. The van der Waals surface area contributed by atoms with Crippen LogP contribution in [0.15, 0.2) is 35.5 Å². The third-order valence-corrected chi connectivity index (χ3v) is 8.10. The van der Waals surface area contributed by atoms with Crippen LogP contribution in [-0.2, 0) is 14.6 Å². The van der Waals surface area contributed by atoms with E-state index in [0.717, 1.165) is 36.4 Å². The van der Waals surface area contributed by atoms with Crippen molar-refractivity contribution in [3.05, 3.63) is 30.6 Å². The van der Waals surface area contributed by atoms with Gasteiger partial charge in [-0.25, -0.2) is 18.4 Å². The number of hydrogen-bond acceptors (Lipinski definition) is 8. The number of benzene rings is 1. The van der Waals surface area contributed by atoms with E-state index in [0.29, 0.717) is 37.1 Å². The molecule has 3 heterocycles. The number of sulfone groups is 1. The van der Waals surface area contributed by atoms with Crippen molar-refractivity contribution in [1.82, 2.24) is 14.9 Å². The first kappa shape index (κ1) is 21.0. The lowest BCUT2D eigenvalue weighted by Gasteiger charge is -2.30. The number of nitrogens with zero attached hydrogens (tertiary/aromatic N) is 4. The normalized spacial score (nSPS) is 20.8. The second-order valence-corrected chi connectivity index (χ2v) is 10.4. The van der Waals surface area contributed by atoms with E-state index in [1.54, 1.807) is 24.5 Å². The van der Waals surface area contributed by atoms with Gasteiger partial charge in [0.2, 0.25) is 5.95 Å². The topological polar surface area (TPSA) is 102 Å². The molecule has 1 aromatic heterocycles. The van der Waals surface area contributed by atoms with Crippen molar-refractivity contribution >= 4 is 21.5 Å². The minimum Gasteiger partial charge on any atom is -0.378 e. The SMILES string of the molecule is CC(C)N1CCC(S(=O)(=O)c2cc(-c3cnc(N)nc3)cc(N3CCOCC3)c2)C1. The Kier molecular flexibility index (Phi) is 5.95. The maximum atomic E-state index is 13.6. The summed E-state index contributed by atoms with van der Waals surface area (Å²) in [6, 6.07) is 5.88. The fraction of sp³-hybridized carbons (Fsp3) is 0.524. The Morgan fingerprint density at radius 1 is 1.07 bits per heavy atom. The van der Waals surface area contributed by atoms with Crippen LogP contribution in [0.2, 0.25) is 0 Å². The smallest absolute Gasteiger partial charge is 0.219 e. The first-order valence-electron chi connectivity index (χ1n) is 10.4. The maximum Gasteiger partial charge on any atom is 0.219 e. The average molecular weight is 432 g/mol. The average Bonchev–Trinajstić information content (AvgIpc) is 3.26. The predicted molar refractivity (Wildman–Crippen MR) is 117 cm³/mol. The number of ether oxygens (including phenoxy) is 1. The van der Waals surface area contributed by atoms with Crippen molar-refractivity contribution in [3.8, 4) is 11.1 Å². The Balaban J connectivity index is 1.74. The largest absolute Gasteiger partial charge is 0.378 e. The summed E-state index contributed by atoms with van der Waals surface area (Å²) in [6.07, 6.45) is 3.92. The lowest BCUT2D eigenvalue weighted by molar-refractivity contribution is 0.122. The molecule has 2 aliphatic rings. The third-order valence-electron chi connectivity index (χ3n) is 5.95. The molecule has 0 bridgehead atoms. The highest BCUT2D eigenvalue weighted by atomic mass is 32.2. The number of morpholine rings is 1. The van der Waals surface area contributed by atoms with Crippen molar-refractivity contribution in [2.75, 3.05) is 50.0 Å². The van der Waals surface area contributed by atoms with E-state index < -0.39 is 15.1 Å². The van der Waals surface area contributed by atoms with Gasteiger partial charge in [0.1, 0.15) is 0 Å². The Morgan fingerprint density at radius 2 is 1.77 bits per heavy atom. The molecule has 2 saturated heterocycles. The van der Waals surface area contributed by atoms with E-state index in [4.69, 9.17) is 10.5 Å². The van der Waals surface area contributed by atoms with Gasteiger partial charge in [-0.2, -0.15) is 0 Å². The molecule has 1 aromatic carbocycles. The summed E-state index contributed by atoms with van der Waals surface area (Å²) >= 11 is 0. The van der Waals surface area contributed by atoms with Crippen LogP contribution in [0.3, 0.4) is 0 Å². The second kappa shape index (κ2) is 8.49. The number of aromatic nitrogens is 2. The van der Waals surface area contributed by atoms with Crippen LogP contribution in [0.5, 0.6) is 0 Å². The fourth-order valence-corrected chi connectivity index (χ4v) is 5.84. The predicted octanol–water partition coefficient (Wildman–Crippen LogP) is 1.82. The number of likely N-dealkylation sites (tertiary alicyclic amines) is 1. The third kappa shape index (κ3) is 4.28. The Labute approximate surface area is 178 Å². The van der Waals surface area contributed by atoms with Crippen LogP contribution in [0.4, 0.5) is 11.6 Å².